The lowest BCUT2D eigenvalue weighted by atomic mass is 10.1. The molecule has 3 heterocycles. The molecule has 2 aromatic rings. The van der Waals surface area contributed by atoms with E-state index in [0.29, 0.717) is 0 Å². The number of hydrogen-bond donors (Lipinski definition) is 1. The maximum Gasteiger partial charge on any atom is 0.260 e. The van der Waals surface area contributed by atoms with Crippen molar-refractivity contribution in [3.8, 4) is 5.75 Å². The molecule has 1 aliphatic rings. The molecule has 4 nitrogen and oxygen atoms in total. The Hall–Kier alpha value is -1.71. The number of H-pyrrole nitrogens is 1. The van der Waals surface area contributed by atoms with Crippen molar-refractivity contribution in [3.05, 3.63) is 27.8 Å². The number of aromatic amines is 1. The van der Waals surface area contributed by atoms with Crippen LogP contribution in [0, 0.1) is 6.92 Å². The molecule has 0 fully saturated rings. The summed E-state index contributed by atoms with van der Waals surface area (Å²) < 4.78 is 7.41. The fourth-order valence-corrected chi connectivity index (χ4v) is 2.39. The van der Waals surface area contributed by atoms with Crippen LogP contribution in [0.1, 0.15) is 17.8 Å². The molecule has 1 N–H and O–H groups in total. The third-order valence-corrected chi connectivity index (χ3v) is 3.19. The van der Waals surface area contributed by atoms with Gasteiger partial charge in [0.25, 0.3) is 5.56 Å². The second-order valence-electron chi connectivity index (χ2n) is 4.33. The fraction of sp³-hybridized carbons (Fsp3) is 0.417. The Balaban J connectivity index is 2.49. The Morgan fingerprint density at radius 1 is 1.50 bits per heavy atom. The first-order valence-corrected chi connectivity index (χ1v) is 5.52. The molecule has 0 unspecified atom stereocenters. The number of fused-ring (bicyclic) bond motifs is 3. The molecule has 0 spiro atoms. The van der Waals surface area contributed by atoms with E-state index in [1.807, 2.05) is 20.0 Å². The zero-order valence-corrected chi connectivity index (χ0v) is 9.46. The van der Waals surface area contributed by atoms with Crippen LogP contribution < -0.4 is 10.3 Å². The molecule has 0 bridgehead atoms. The summed E-state index contributed by atoms with van der Waals surface area (Å²) in [5, 5.41) is 0.723. The van der Waals surface area contributed by atoms with Gasteiger partial charge in [-0.2, -0.15) is 0 Å². The number of rotatable bonds is 0. The first-order valence-electron chi connectivity index (χ1n) is 5.52. The predicted octanol–water partition coefficient (Wildman–Crippen LogP) is 1.50. The Kier molecular flexibility index (Phi) is 1.87. The van der Waals surface area contributed by atoms with Crippen LogP contribution in [-0.2, 0) is 13.5 Å². The molecule has 0 saturated carbocycles. The highest BCUT2D eigenvalue weighted by molar-refractivity contribution is 5.86. The Bertz CT molecular complexity index is 622. The molecular weight excluding hydrogens is 204 g/mol. The van der Waals surface area contributed by atoms with Gasteiger partial charge in [-0.05, 0) is 25.8 Å². The second kappa shape index (κ2) is 3.14. The quantitative estimate of drug-likeness (QED) is 0.728. The molecule has 0 atom stereocenters. The van der Waals surface area contributed by atoms with Crippen molar-refractivity contribution in [2.75, 3.05) is 6.61 Å². The predicted molar refractivity (Wildman–Crippen MR) is 62.1 cm³/mol. The second-order valence-corrected chi connectivity index (χ2v) is 4.33. The van der Waals surface area contributed by atoms with Gasteiger partial charge in [-0.25, -0.2) is 0 Å². The maximum atomic E-state index is 12.1. The monoisotopic (exact) mass is 218 g/mol. The van der Waals surface area contributed by atoms with Crippen LogP contribution in [0.15, 0.2) is 10.9 Å². The molecule has 2 aromatic heterocycles. The molecule has 84 valence electrons. The fourth-order valence-electron chi connectivity index (χ4n) is 2.39. The Labute approximate surface area is 92.8 Å². The van der Waals surface area contributed by atoms with E-state index in [0.717, 1.165) is 47.5 Å². The molecule has 16 heavy (non-hydrogen) atoms. The average Bonchev–Trinajstić information content (AvgIpc) is 2.68. The highest BCUT2D eigenvalue weighted by atomic mass is 16.5. The van der Waals surface area contributed by atoms with E-state index < -0.39 is 0 Å². The zero-order chi connectivity index (χ0) is 11.3. The normalized spacial score (nSPS) is 14.9. The van der Waals surface area contributed by atoms with E-state index in [1.54, 1.807) is 4.57 Å². The minimum atomic E-state index is 0.0589. The number of pyridine rings is 1. The highest BCUT2D eigenvalue weighted by Gasteiger charge is 2.20. The number of hydrogen-bond acceptors (Lipinski definition) is 2. The molecule has 3 rings (SSSR count). The first kappa shape index (κ1) is 9.51. The van der Waals surface area contributed by atoms with Crippen LogP contribution in [0.3, 0.4) is 0 Å². The molecule has 0 amide bonds. The minimum absolute atomic E-state index is 0.0589. The molecule has 4 heteroatoms. The van der Waals surface area contributed by atoms with Gasteiger partial charge < -0.3 is 14.3 Å². The van der Waals surface area contributed by atoms with Crippen molar-refractivity contribution in [1.29, 1.82) is 0 Å². The van der Waals surface area contributed by atoms with Crippen molar-refractivity contribution in [3.63, 3.8) is 0 Å². The lowest BCUT2D eigenvalue weighted by Gasteiger charge is -2.20. The van der Waals surface area contributed by atoms with Gasteiger partial charge in [-0.1, -0.05) is 0 Å². The molecule has 0 saturated heterocycles. The van der Waals surface area contributed by atoms with E-state index >= 15 is 0 Å². The Morgan fingerprint density at radius 3 is 3.12 bits per heavy atom. The van der Waals surface area contributed by atoms with E-state index in [9.17, 15) is 4.79 Å². The number of ether oxygens (including phenoxy) is 1. The summed E-state index contributed by atoms with van der Waals surface area (Å²) in [5.74, 6) is 0.858. The summed E-state index contributed by atoms with van der Waals surface area (Å²) in [6, 6.07) is 1.88. The third-order valence-electron chi connectivity index (χ3n) is 3.19. The van der Waals surface area contributed by atoms with Gasteiger partial charge in [0.1, 0.15) is 0 Å². The largest absolute Gasteiger partial charge is 0.490 e. The van der Waals surface area contributed by atoms with Gasteiger partial charge in [-0.3, -0.25) is 4.79 Å². The summed E-state index contributed by atoms with van der Waals surface area (Å²) in [7, 11) is 1.82. The number of aromatic nitrogens is 2. The maximum absolute atomic E-state index is 12.1. The van der Waals surface area contributed by atoms with Gasteiger partial charge in [0.2, 0.25) is 0 Å². The van der Waals surface area contributed by atoms with Crippen LogP contribution in [0.5, 0.6) is 5.75 Å². The smallest absolute Gasteiger partial charge is 0.260 e. The van der Waals surface area contributed by atoms with E-state index in [1.165, 1.54) is 0 Å². The van der Waals surface area contributed by atoms with Crippen LogP contribution in [0.2, 0.25) is 0 Å². The lowest BCUT2D eigenvalue weighted by molar-refractivity contribution is 0.284. The highest BCUT2D eigenvalue weighted by Crippen LogP contribution is 2.30. The topological polar surface area (TPSA) is 47.0 Å². The molecular formula is C12H14N2O2. The zero-order valence-electron chi connectivity index (χ0n) is 9.46. The van der Waals surface area contributed by atoms with Crippen molar-refractivity contribution >= 4 is 10.9 Å². The van der Waals surface area contributed by atoms with Crippen LogP contribution in [0.25, 0.3) is 10.9 Å². The van der Waals surface area contributed by atoms with Crippen LogP contribution in [0.4, 0.5) is 0 Å². The molecule has 0 aromatic carbocycles. The van der Waals surface area contributed by atoms with Crippen molar-refractivity contribution in [1.82, 2.24) is 9.55 Å². The van der Waals surface area contributed by atoms with E-state index in [4.69, 9.17) is 4.74 Å². The molecule has 1 aliphatic heterocycles. The Morgan fingerprint density at radius 2 is 2.31 bits per heavy atom. The van der Waals surface area contributed by atoms with Gasteiger partial charge in [-0.15, -0.1) is 0 Å². The third kappa shape index (κ3) is 1.13. The summed E-state index contributed by atoms with van der Waals surface area (Å²) >= 11 is 0. The summed E-state index contributed by atoms with van der Waals surface area (Å²) in [5.41, 5.74) is 2.92. The van der Waals surface area contributed by atoms with Gasteiger partial charge in [0.05, 0.1) is 23.2 Å². The lowest BCUT2D eigenvalue weighted by Crippen LogP contribution is -2.24. The first-order chi connectivity index (χ1) is 7.68. The van der Waals surface area contributed by atoms with E-state index in [-0.39, 0.29) is 5.56 Å². The SMILES string of the molecule is Cc1cc2c(=O)n(C)c3c(c2[nH]1)OCCC3. The van der Waals surface area contributed by atoms with Crippen LogP contribution in [-0.4, -0.2) is 16.2 Å². The van der Waals surface area contributed by atoms with Gasteiger partial charge in [0, 0.05) is 12.7 Å². The van der Waals surface area contributed by atoms with Crippen molar-refractivity contribution in [2.45, 2.75) is 19.8 Å². The standard InChI is InChI=1S/C12H14N2O2/c1-7-6-8-10(13-7)11-9(4-3-5-16-11)14(2)12(8)15/h6,13H,3-5H2,1-2H3. The van der Waals surface area contributed by atoms with Crippen molar-refractivity contribution < 1.29 is 4.74 Å². The minimum Gasteiger partial charge on any atom is -0.490 e. The number of nitrogens with zero attached hydrogens (tertiary/aromatic N) is 1. The van der Waals surface area contributed by atoms with Crippen LogP contribution >= 0.6 is 0 Å². The summed E-state index contributed by atoms with van der Waals surface area (Å²) in [4.78, 5) is 15.3. The summed E-state index contributed by atoms with van der Waals surface area (Å²) in [6.07, 6.45) is 1.89. The van der Waals surface area contributed by atoms with Crippen molar-refractivity contribution in [2.24, 2.45) is 7.05 Å². The number of aryl methyl sites for hydroxylation is 1. The van der Waals surface area contributed by atoms with E-state index in [2.05, 4.69) is 4.98 Å². The summed E-state index contributed by atoms with van der Waals surface area (Å²) in [6.45, 7) is 2.69. The van der Waals surface area contributed by atoms with Gasteiger partial charge >= 0.3 is 0 Å². The number of nitrogens with one attached hydrogen (secondary N) is 1. The van der Waals surface area contributed by atoms with Gasteiger partial charge in [0.15, 0.2) is 5.75 Å². The molecule has 0 aliphatic carbocycles. The average molecular weight is 218 g/mol. The molecule has 0 radical (unpaired) electrons.